The number of aliphatic hydroxyl groups excluding tert-OH is 3. The summed E-state index contributed by atoms with van der Waals surface area (Å²) in [5, 5.41) is 30.3. The number of hydrogen-bond donors (Lipinski definition) is 3. The molecule has 1 unspecified atom stereocenters. The minimum Gasteiger partial charge on any atom is -0.393 e. The van der Waals surface area contributed by atoms with E-state index in [2.05, 4.69) is 5.16 Å². The molecule has 0 saturated carbocycles. The van der Waals surface area contributed by atoms with Gasteiger partial charge in [-0.2, -0.15) is 0 Å². The van der Waals surface area contributed by atoms with Crippen LogP contribution in [0.2, 0.25) is 0 Å². The monoisotopic (exact) mass is 225 g/mol. The van der Waals surface area contributed by atoms with Crippen molar-refractivity contribution in [3.63, 3.8) is 0 Å². The zero-order valence-corrected chi connectivity index (χ0v) is 8.78. The second kappa shape index (κ2) is 6.95. The van der Waals surface area contributed by atoms with Crippen molar-refractivity contribution >= 4 is 5.71 Å². The lowest BCUT2D eigenvalue weighted by molar-refractivity contribution is 0.107. The van der Waals surface area contributed by atoms with Crippen LogP contribution in [-0.2, 0) is 11.4 Å². The maximum absolute atomic E-state index is 9.19. The van der Waals surface area contributed by atoms with Gasteiger partial charge in [0.25, 0.3) is 0 Å². The van der Waals surface area contributed by atoms with Crippen LogP contribution in [0.3, 0.4) is 0 Å². The smallest absolute Gasteiger partial charge is 0.142 e. The number of rotatable bonds is 6. The molecule has 88 valence electrons. The van der Waals surface area contributed by atoms with Crippen LogP contribution in [0.25, 0.3) is 0 Å². The lowest BCUT2D eigenvalue weighted by Gasteiger charge is -2.08. The summed E-state index contributed by atoms with van der Waals surface area (Å²) >= 11 is 0. The van der Waals surface area contributed by atoms with Gasteiger partial charge in [-0.15, -0.1) is 0 Å². The molecule has 0 aliphatic heterocycles. The van der Waals surface area contributed by atoms with Crippen LogP contribution in [0.5, 0.6) is 0 Å². The van der Waals surface area contributed by atoms with Gasteiger partial charge in [0, 0.05) is 0 Å². The van der Waals surface area contributed by atoms with E-state index in [1.807, 2.05) is 30.3 Å². The molecule has 0 saturated heterocycles. The molecular formula is C11H15NO4. The molecule has 3 N–H and O–H groups in total. The third-order valence-corrected chi connectivity index (χ3v) is 1.98. The van der Waals surface area contributed by atoms with Gasteiger partial charge >= 0.3 is 0 Å². The number of benzene rings is 1. The van der Waals surface area contributed by atoms with Crippen LogP contribution in [-0.4, -0.2) is 40.3 Å². The Hall–Kier alpha value is -1.43. The van der Waals surface area contributed by atoms with E-state index >= 15 is 0 Å². The van der Waals surface area contributed by atoms with Crippen molar-refractivity contribution in [3.05, 3.63) is 35.9 Å². The van der Waals surface area contributed by atoms with Gasteiger partial charge in [-0.1, -0.05) is 35.5 Å². The predicted molar refractivity (Wildman–Crippen MR) is 58.8 cm³/mol. The third kappa shape index (κ3) is 3.98. The summed E-state index contributed by atoms with van der Waals surface area (Å²) in [7, 11) is 0. The van der Waals surface area contributed by atoms with E-state index in [9.17, 15) is 5.11 Å². The zero-order valence-electron chi connectivity index (χ0n) is 8.78. The van der Waals surface area contributed by atoms with E-state index in [0.29, 0.717) is 0 Å². The fourth-order valence-corrected chi connectivity index (χ4v) is 1.06. The maximum atomic E-state index is 9.19. The van der Waals surface area contributed by atoms with Crippen LogP contribution in [0.4, 0.5) is 0 Å². The van der Waals surface area contributed by atoms with Crippen LogP contribution >= 0.6 is 0 Å². The molecule has 0 amide bonds. The second-order valence-corrected chi connectivity index (χ2v) is 3.20. The van der Waals surface area contributed by atoms with E-state index < -0.39 is 19.3 Å². The Morgan fingerprint density at radius 2 is 1.94 bits per heavy atom. The van der Waals surface area contributed by atoms with E-state index in [0.717, 1.165) is 5.56 Å². The van der Waals surface area contributed by atoms with Gasteiger partial charge in [0.2, 0.25) is 0 Å². The number of hydrogen-bond acceptors (Lipinski definition) is 5. The summed E-state index contributed by atoms with van der Waals surface area (Å²) in [5.41, 5.74) is 0.945. The predicted octanol–water partition coefficient (Wildman–Crippen LogP) is -0.0953. The Labute approximate surface area is 93.6 Å². The highest BCUT2D eigenvalue weighted by Crippen LogP contribution is 2.01. The average Bonchev–Trinajstić information content (AvgIpc) is 2.35. The highest BCUT2D eigenvalue weighted by molar-refractivity contribution is 5.89. The topological polar surface area (TPSA) is 82.3 Å². The molecular weight excluding hydrogens is 210 g/mol. The minimum absolute atomic E-state index is 0.0124. The Bertz CT molecular complexity index is 326. The van der Waals surface area contributed by atoms with E-state index in [-0.39, 0.29) is 12.3 Å². The molecule has 0 aliphatic carbocycles. The molecule has 0 radical (unpaired) electrons. The highest BCUT2D eigenvalue weighted by Gasteiger charge is 2.10. The maximum Gasteiger partial charge on any atom is 0.142 e. The van der Waals surface area contributed by atoms with E-state index in [1.54, 1.807) is 0 Å². The number of nitrogens with zero attached hydrogens (tertiary/aromatic N) is 1. The molecule has 5 nitrogen and oxygen atoms in total. The molecule has 1 rings (SSSR count). The first-order chi connectivity index (χ1) is 7.77. The quantitative estimate of drug-likeness (QED) is 0.466. The van der Waals surface area contributed by atoms with Gasteiger partial charge in [0.05, 0.1) is 13.2 Å². The van der Waals surface area contributed by atoms with E-state index in [1.165, 1.54) is 0 Å². The normalized spacial score (nSPS) is 13.6. The summed E-state index contributed by atoms with van der Waals surface area (Å²) < 4.78 is 0. The molecule has 5 heteroatoms. The highest BCUT2D eigenvalue weighted by atomic mass is 16.6. The Morgan fingerprint density at radius 1 is 1.25 bits per heavy atom. The van der Waals surface area contributed by atoms with Gasteiger partial charge in [-0.25, -0.2) is 0 Å². The van der Waals surface area contributed by atoms with Crippen molar-refractivity contribution < 1.29 is 20.2 Å². The molecule has 0 spiro atoms. The van der Waals surface area contributed by atoms with Gasteiger partial charge < -0.3 is 20.2 Å². The van der Waals surface area contributed by atoms with Crippen molar-refractivity contribution in [2.24, 2.45) is 5.16 Å². The minimum atomic E-state index is -1.18. The largest absolute Gasteiger partial charge is 0.393 e. The molecule has 1 aromatic rings. The summed E-state index contributed by atoms with van der Waals surface area (Å²) in [4.78, 5) is 4.95. The fraction of sp³-hybridized carbons (Fsp3) is 0.364. The van der Waals surface area contributed by atoms with Crippen molar-refractivity contribution in [3.8, 4) is 0 Å². The molecule has 1 atom stereocenters. The first-order valence-corrected chi connectivity index (χ1v) is 4.90. The molecule has 0 aliphatic rings. The standard InChI is InChI=1S/C11H15NO4/c13-6-10(11(15)7-14)12-16-8-9-4-2-1-3-5-9/h1-5,11,13-15H,6-8H2/b12-10+. The SMILES string of the molecule is OC/C(=N\OCc1ccccc1)C(O)CO. The molecule has 0 heterocycles. The molecule has 0 bridgehead atoms. The third-order valence-electron chi connectivity index (χ3n) is 1.98. The number of aliphatic hydroxyl groups is 3. The summed E-state index contributed by atoms with van der Waals surface area (Å²) in [6.45, 7) is -0.687. The molecule has 0 fully saturated rings. The molecule has 16 heavy (non-hydrogen) atoms. The van der Waals surface area contributed by atoms with E-state index in [4.69, 9.17) is 15.1 Å². The van der Waals surface area contributed by atoms with Crippen LogP contribution < -0.4 is 0 Å². The van der Waals surface area contributed by atoms with Gasteiger partial charge in [0.15, 0.2) is 0 Å². The van der Waals surface area contributed by atoms with Crippen molar-refractivity contribution in [2.45, 2.75) is 12.7 Å². The van der Waals surface area contributed by atoms with Gasteiger partial charge in [0.1, 0.15) is 18.4 Å². The van der Waals surface area contributed by atoms with Crippen molar-refractivity contribution in [1.29, 1.82) is 0 Å². The zero-order chi connectivity index (χ0) is 11.8. The average molecular weight is 225 g/mol. The summed E-state index contributed by atoms with van der Waals surface area (Å²) in [5.74, 6) is 0. The molecule has 0 aromatic heterocycles. The lowest BCUT2D eigenvalue weighted by atomic mass is 10.2. The van der Waals surface area contributed by atoms with Crippen molar-refractivity contribution in [2.75, 3.05) is 13.2 Å². The number of oxime groups is 1. The van der Waals surface area contributed by atoms with Gasteiger partial charge in [-0.05, 0) is 5.56 Å². The Kier molecular flexibility index (Phi) is 5.49. The Balaban J connectivity index is 2.46. The summed E-state index contributed by atoms with van der Waals surface area (Å²) in [6, 6.07) is 9.38. The first kappa shape index (κ1) is 12.6. The Morgan fingerprint density at radius 3 is 2.50 bits per heavy atom. The lowest BCUT2D eigenvalue weighted by Crippen LogP contribution is -2.27. The van der Waals surface area contributed by atoms with Crippen LogP contribution in [0.15, 0.2) is 35.5 Å². The van der Waals surface area contributed by atoms with Gasteiger partial charge in [-0.3, -0.25) is 0 Å². The molecule has 1 aromatic carbocycles. The van der Waals surface area contributed by atoms with Crippen molar-refractivity contribution in [1.82, 2.24) is 0 Å². The van der Waals surface area contributed by atoms with Crippen LogP contribution in [0.1, 0.15) is 5.56 Å². The summed E-state index contributed by atoms with van der Waals surface area (Å²) in [6.07, 6.45) is -1.18. The van der Waals surface area contributed by atoms with Crippen LogP contribution in [0, 0.1) is 0 Å². The first-order valence-electron chi connectivity index (χ1n) is 4.90. The second-order valence-electron chi connectivity index (χ2n) is 3.20. The fourth-order valence-electron chi connectivity index (χ4n) is 1.06.